The molecule has 0 radical (unpaired) electrons. The van der Waals surface area contributed by atoms with Crippen molar-refractivity contribution in [2.75, 3.05) is 39.6 Å². The van der Waals surface area contributed by atoms with Crippen molar-refractivity contribution in [3.63, 3.8) is 0 Å². The highest BCUT2D eigenvalue weighted by molar-refractivity contribution is 5.64. The van der Waals surface area contributed by atoms with Crippen molar-refractivity contribution in [2.24, 2.45) is 0 Å². The van der Waals surface area contributed by atoms with E-state index < -0.39 is 0 Å². The molecule has 0 heterocycles. The van der Waals surface area contributed by atoms with Crippen molar-refractivity contribution in [1.82, 2.24) is 0 Å². The molecule has 0 saturated heterocycles. The van der Waals surface area contributed by atoms with E-state index in [4.69, 9.17) is 18.9 Å². The molecular formula is C20H26O4. The lowest BCUT2D eigenvalue weighted by Gasteiger charge is -2.09. The third kappa shape index (κ3) is 6.22. The zero-order valence-electron chi connectivity index (χ0n) is 14.5. The molecule has 0 bridgehead atoms. The Morgan fingerprint density at radius 1 is 0.542 bits per heavy atom. The molecule has 130 valence electrons. The van der Waals surface area contributed by atoms with Crippen LogP contribution in [-0.4, -0.2) is 39.6 Å². The molecule has 0 amide bonds. The summed E-state index contributed by atoms with van der Waals surface area (Å²) in [6, 6.07) is 16.1. The predicted octanol–water partition coefficient (Wildman–Crippen LogP) is 4.18. The molecule has 4 nitrogen and oxygen atoms in total. The lowest BCUT2D eigenvalue weighted by molar-refractivity contribution is 0.110. The summed E-state index contributed by atoms with van der Waals surface area (Å²) in [6.07, 6.45) is 0. The van der Waals surface area contributed by atoms with Crippen LogP contribution < -0.4 is 9.47 Å². The van der Waals surface area contributed by atoms with Gasteiger partial charge in [-0.25, -0.2) is 0 Å². The second-order valence-corrected chi connectivity index (χ2v) is 5.14. The molecule has 24 heavy (non-hydrogen) atoms. The van der Waals surface area contributed by atoms with Gasteiger partial charge in [0, 0.05) is 13.2 Å². The minimum atomic E-state index is 0.570. The third-order valence-corrected chi connectivity index (χ3v) is 3.44. The van der Waals surface area contributed by atoms with Crippen LogP contribution in [0.3, 0.4) is 0 Å². The van der Waals surface area contributed by atoms with E-state index in [9.17, 15) is 0 Å². The van der Waals surface area contributed by atoms with Crippen molar-refractivity contribution >= 4 is 0 Å². The van der Waals surface area contributed by atoms with Crippen LogP contribution in [0.5, 0.6) is 11.5 Å². The first-order valence-corrected chi connectivity index (χ1v) is 8.45. The van der Waals surface area contributed by atoms with Gasteiger partial charge in [-0.05, 0) is 49.2 Å². The number of hydrogen-bond acceptors (Lipinski definition) is 4. The van der Waals surface area contributed by atoms with Gasteiger partial charge in [0.05, 0.1) is 13.2 Å². The Labute approximate surface area is 144 Å². The number of ether oxygens (including phenoxy) is 4. The zero-order chi connectivity index (χ0) is 17.0. The van der Waals surface area contributed by atoms with Gasteiger partial charge in [0.2, 0.25) is 0 Å². The standard InChI is InChI=1S/C20H26O4/c1-3-21-13-15-23-19-9-5-17(6-10-19)18-7-11-20(12-8-18)24-16-14-22-4-2/h5-12H,3-4,13-16H2,1-2H3. The van der Waals surface area contributed by atoms with Gasteiger partial charge in [0.1, 0.15) is 24.7 Å². The zero-order valence-corrected chi connectivity index (χ0v) is 14.5. The second-order valence-electron chi connectivity index (χ2n) is 5.14. The smallest absolute Gasteiger partial charge is 0.119 e. The van der Waals surface area contributed by atoms with Crippen molar-refractivity contribution in [3.05, 3.63) is 48.5 Å². The SMILES string of the molecule is CCOCCOc1ccc(-c2ccc(OCCOCC)cc2)cc1. The summed E-state index contributed by atoms with van der Waals surface area (Å²) >= 11 is 0. The van der Waals surface area contributed by atoms with E-state index in [0.29, 0.717) is 39.6 Å². The molecule has 0 N–H and O–H groups in total. The normalized spacial score (nSPS) is 10.6. The number of hydrogen-bond donors (Lipinski definition) is 0. The van der Waals surface area contributed by atoms with Gasteiger partial charge in [-0.3, -0.25) is 0 Å². The van der Waals surface area contributed by atoms with Crippen LogP contribution in [0.1, 0.15) is 13.8 Å². The molecule has 4 heteroatoms. The quantitative estimate of drug-likeness (QED) is 0.579. The van der Waals surface area contributed by atoms with Crippen LogP contribution in [0, 0.1) is 0 Å². The van der Waals surface area contributed by atoms with E-state index in [0.717, 1.165) is 22.6 Å². The summed E-state index contributed by atoms with van der Waals surface area (Å²) in [5.41, 5.74) is 2.29. The summed E-state index contributed by atoms with van der Waals surface area (Å²) in [7, 11) is 0. The minimum absolute atomic E-state index is 0.570. The second kappa shape index (κ2) is 10.7. The summed E-state index contributed by atoms with van der Waals surface area (Å²) in [5, 5.41) is 0. The van der Waals surface area contributed by atoms with Crippen LogP contribution in [0.2, 0.25) is 0 Å². The fourth-order valence-corrected chi connectivity index (χ4v) is 2.21. The van der Waals surface area contributed by atoms with Crippen LogP contribution in [0.25, 0.3) is 11.1 Å². The maximum absolute atomic E-state index is 5.63. The molecular weight excluding hydrogens is 304 g/mol. The molecule has 0 aliphatic heterocycles. The Bertz CT molecular complexity index is 510. The topological polar surface area (TPSA) is 36.9 Å². The van der Waals surface area contributed by atoms with Crippen LogP contribution in [-0.2, 0) is 9.47 Å². The lowest BCUT2D eigenvalue weighted by Crippen LogP contribution is -2.06. The van der Waals surface area contributed by atoms with E-state index in [1.54, 1.807) is 0 Å². The predicted molar refractivity (Wildman–Crippen MR) is 95.9 cm³/mol. The molecule has 0 atom stereocenters. The van der Waals surface area contributed by atoms with Crippen molar-refractivity contribution < 1.29 is 18.9 Å². The first-order chi connectivity index (χ1) is 11.8. The highest BCUT2D eigenvalue weighted by Crippen LogP contribution is 2.24. The van der Waals surface area contributed by atoms with Crippen LogP contribution in [0.4, 0.5) is 0 Å². The maximum atomic E-state index is 5.63. The minimum Gasteiger partial charge on any atom is -0.491 e. The Kier molecular flexibility index (Phi) is 8.15. The first kappa shape index (κ1) is 18.3. The molecule has 2 rings (SSSR count). The van der Waals surface area contributed by atoms with E-state index in [1.807, 2.05) is 38.1 Å². The van der Waals surface area contributed by atoms with Gasteiger partial charge >= 0.3 is 0 Å². The molecule has 0 unspecified atom stereocenters. The average molecular weight is 330 g/mol. The van der Waals surface area contributed by atoms with Crippen molar-refractivity contribution in [2.45, 2.75) is 13.8 Å². The fourth-order valence-electron chi connectivity index (χ4n) is 2.21. The maximum Gasteiger partial charge on any atom is 0.119 e. The molecule has 0 saturated carbocycles. The Morgan fingerprint density at radius 3 is 1.25 bits per heavy atom. The van der Waals surface area contributed by atoms with E-state index in [1.165, 1.54) is 0 Å². The molecule has 0 fully saturated rings. The molecule has 2 aromatic rings. The Balaban J connectivity index is 1.84. The summed E-state index contributed by atoms with van der Waals surface area (Å²) in [5.74, 6) is 1.71. The van der Waals surface area contributed by atoms with Crippen LogP contribution in [0.15, 0.2) is 48.5 Å². The first-order valence-electron chi connectivity index (χ1n) is 8.45. The van der Waals surface area contributed by atoms with E-state index in [-0.39, 0.29) is 0 Å². The van der Waals surface area contributed by atoms with Gasteiger partial charge in [-0.15, -0.1) is 0 Å². The van der Waals surface area contributed by atoms with Gasteiger partial charge < -0.3 is 18.9 Å². The highest BCUT2D eigenvalue weighted by Gasteiger charge is 2.00. The van der Waals surface area contributed by atoms with Gasteiger partial charge in [-0.1, -0.05) is 24.3 Å². The van der Waals surface area contributed by atoms with Gasteiger partial charge in [0.15, 0.2) is 0 Å². The summed E-state index contributed by atoms with van der Waals surface area (Å²) < 4.78 is 21.8. The number of benzene rings is 2. The molecule has 0 aromatic heterocycles. The Hall–Kier alpha value is -2.04. The Morgan fingerprint density at radius 2 is 0.917 bits per heavy atom. The lowest BCUT2D eigenvalue weighted by atomic mass is 10.1. The van der Waals surface area contributed by atoms with Gasteiger partial charge in [-0.2, -0.15) is 0 Å². The van der Waals surface area contributed by atoms with Crippen LogP contribution >= 0.6 is 0 Å². The average Bonchev–Trinajstić information content (AvgIpc) is 2.64. The van der Waals surface area contributed by atoms with Crippen molar-refractivity contribution in [1.29, 1.82) is 0 Å². The van der Waals surface area contributed by atoms with E-state index in [2.05, 4.69) is 24.3 Å². The molecule has 0 spiro atoms. The molecule has 2 aromatic carbocycles. The van der Waals surface area contributed by atoms with Gasteiger partial charge in [0.25, 0.3) is 0 Å². The monoisotopic (exact) mass is 330 g/mol. The fraction of sp³-hybridized carbons (Fsp3) is 0.400. The van der Waals surface area contributed by atoms with Crippen molar-refractivity contribution in [3.8, 4) is 22.6 Å². The largest absolute Gasteiger partial charge is 0.491 e. The molecule has 0 aliphatic carbocycles. The summed E-state index contributed by atoms with van der Waals surface area (Å²) in [6.45, 7) is 7.75. The third-order valence-electron chi connectivity index (χ3n) is 3.44. The highest BCUT2D eigenvalue weighted by atomic mass is 16.5. The number of rotatable bonds is 11. The molecule has 0 aliphatic rings. The summed E-state index contributed by atoms with van der Waals surface area (Å²) in [4.78, 5) is 0. The van der Waals surface area contributed by atoms with E-state index >= 15 is 0 Å².